The molecule has 3 N–H and O–H groups in total. The molecule has 0 aliphatic carbocycles. The maximum atomic E-state index is 12.2. The molecule has 138 valence electrons. The minimum atomic E-state index is -0.135. The van der Waals surface area contributed by atoms with Gasteiger partial charge in [0.05, 0.1) is 12.1 Å². The average Bonchev–Trinajstić information content (AvgIpc) is 3.25. The van der Waals surface area contributed by atoms with Crippen LogP contribution in [0.5, 0.6) is 0 Å². The highest BCUT2D eigenvalue weighted by atomic mass is 35.5. The number of halogens is 2. The third-order valence-corrected chi connectivity index (χ3v) is 4.27. The summed E-state index contributed by atoms with van der Waals surface area (Å²) in [6.07, 6.45) is 4.01. The Morgan fingerprint density at radius 2 is 1.84 bits per heavy atom. The molecule has 0 atom stereocenters. The Bertz CT molecular complexity index is 670. The molecule has 5 nitrogen and oxygen atoms in total. The van der Waals surface area contributed by atoms with Gasteiger partial charge in [-0.3, -0.25) is 9.69 Å². The fourth-order valence-electron chi connectivity index (χ4n) is 2.95. The number of benzene rings is 1. The summed E-state index contributed by atoms with van der Waals surface area (Å²) in [6, 6.07) is 9.97. The second kappa shape index (κ2) is 10.5. The van der Waals surface area contributed by atoms with Crippen molar-refractivity contribution in [1.29, 1.82) is 0 Å². The Labute approximate surface area is 160 Å². The van der Waals surface area contributed by atoms with E-state index in [4.69, 9.17) is 10.2 Å². The van der Waals surface area contributed by atoms with Crippen LogP contribution in [0.3, 0.4) is 0 Å². The predicted octanol–water partition coefficient (Wildman–Crippen LogP) is 3.11. The first-order valence-corrected chi connectivity index (χ1v) is 8.11. The molecule has 0 saturated carbocycles. The van der Waals surface area contributed by atoms with Crippen LogP contribution in [0.1, 0.15) is 40.1 Å². The van der Waals surface area contributed by atoms with Gasteiger partial charge in [-0.25, -0.2) is 0 Å². The first-order chi connectivity index (χ1) is 11.3. The highest BCUT2D eigenvalue weighted by molar-refractivity contribution is 5.93. The summed E-state index contributed by atoms with van der Waals surface area (Å²) in [4.78, 5) is 14.6. The van der Waals surface area contributed by atoms with Crippen LogP contribution in [-0.4, -0.2) is 23.9 Å². The maximum Gasteiger partial charge on any atom is 0.254 e. The lowest BCUT2D eigenvalue weighted by Crippen LogP contribution is -2.24. The van der Waals surface area contributed by atoms with Crippen LogP contribution >= 0.6 is 24.8 Å². The van der Waals surface area contributed by atoms with Gasteiger partial charge in [0.1, 0.15) is 12.0 Å². The minimum absolute atomic E-state index is 0. The summed E-state index contributed by atoms with van der Waals surface area (Å²) in [7, 11) is 0. The Morgan fingerprint density at radius 3 is 2.48 bits per heavy atom. The molecule has 25 heavy (non-hydrogen) atoms. The lowest BCUT2D eigenvalue weighted by Gasteiger charge is -2.17. The second-order valence-corrected chi connectivity index (χ2v) is 5.94. The van der Waals surface area contributed by atoms with Crippen molar-refractivity contribution in [3.63, 3.8) is 0 Å². The summed E-state index contributed by atoms with van der Waals surface area (Å²) in [6.45, 7) is 4.10. The first kappa shape index (κ1) is 21.5. The van der Waals surface area contributed by atoms with Crippen molar-refractivity contribution in [3.05, 3.63) is 59.0 Å². The summed E-state index contributed by atoms with van der Waals surface area (Å²) in [5, 5.41) is 2.96. The maximum absolute atomic E-state index is 12.2. The van der Waals surface area contributed by atoms with E-state index in [0.717, 1.165) is 25.2 Å². The van der Waals surface area contributed by atoms with E-state index >= 15 is 0 Å². The number of nitrogens with one attached hydrogen (secondary N) is 1. The van der Waals surface area contributed by atoms with Gasteiger partial charge in [0.2, 0.25) is 0 Å². The number of hydrogen-bond acceptors (Lipinski definition) is 4. The monoisotopic (exact) mass is 385 g/mol. The van der Waals surface area contributed by atoms with Crippen molar-refractivity contribution in [3.8, 4) is 0 Å². The molecule has 2 heterocycles. The van der Waals surface area contributed by atoms with Crippen molar-refractivity contribution in [2.45, 2.75) is 32.5 Å². The number of amides is 1. The van der Waals surface area contributed by atoms with Gasteiger partial charge in [0, 0.05) is 13.1 Å². The predicted molar refractivity (Wildman–Crippen MR) is 103 cm³/mol. The third kappa shape index (κ3) is 5.75. The van der Waals surface area contributed by atoms with Crippen LogP contribution < -0.4 is 11.1 Å². The second-order valence-electron chi connectivity index (χ2n) is 5.94. The summed E-state index contributed by atoms with van der Waals surface area (Å²) < 4.78 is 5.21. The Balaban J connectivity index is 0.00000156. The van der Waals surface area contributed by atoms with Gasteiger partial charge >= 0.3 is 0 Å². The number of likely N-dealkylation sites (tertiary alicyclic amines) is 1. The molecule has 3 rings (SSSR count). The molecule has 0 spiro atoms. The molecule has 7 heteroatoms. The van der Waals surface area contributed by atoms with Gasteiger partial charge in [-0.15, -0.1) is 24.8 Å². The molecule has 0 radical (unpaired) electrons. The van der Waals surface area contributed by atoms with Crippen LogP contribution in [0.25, 0.3) is 0 Å². The van der Waals surface area contributed by atoms with Crippen molar-refractivity contribution in [2.24, 2.45) is 5.73 Å². The van der Waals surface area contributed by atoms with Gasteiger partial charge in [-0.2, -0.15) is 0 Å². The molecule has 1 amide bonds. The topological polar surface area (TPSA) is 71.5 Å². The van der Waals surface area contributed by atoms with Crippen LogP contribution in [-0.2, 0) is 19.6 Å². The molecular formula is C18H25Cl2N3O2. The van der Waals surface area contributed by atoms with E-state index in [1.54, 1.807) is 6.07 Å². The zero-order valence-electron chi connectivity index (χ0n) is 14.1. The van der Waals surface area contributed by atoms with Crippen LogP contribution in [0.4, 0.5) is 0 Å². The molecule has 0 unspecified atom stereocenters. The third-order valence-electron chi connectivity index (χ3n) is 4.27. The van der Waals surface area contributed by atoms with E-state index in [-0.39, 0.29) is 30.7 Å². The van der Waals surface area contributed by atoms with Crippen molar-refractivity contribution < 1.29 is 9.21 Å². The number of rotatable bonds is 6. The number of nitrogens with zero attached hydrogens (tertiary/aromatic N) is 1. The molecule has 1 aromatic heterocycles. The van der Waals surface area contributed by atoms with Crippen LogP contribution in [0.2, 0.25) is 0 Å². The molecule has 1 saturated heterocycles. The van der Waals surface area contributed by atoms with Gasteiger partial charge in [-0.1, -0.05) is 24.3 Å². The van der Waals surface area contributed by atoms with Crippen molar-refractivity contribution in [2.75, 3.05) is 13.1 Å². The molecule has 1 aliphatic heterocycles. The number of hydrogen-bond donors (Lipinski definition) is 2. The quantitative estimate of drug-likeness (QED) is 0.800. The molecule has 1 aromatic carbocycles. The smallest absolute Gasteiger partial charge is 0.254 e. The lowest BCUT2D eigenvalue weighted by molar-refractivity contribution is 0.0950. The normalized spacial score (nSPS) is 13.8. The zero-order valence-corrected chi connectivity index (χ0v) is 15.7. The van der Waals surface area contributed by atoms with Crippen molar-refractivity contribution in [1.82, 2.24) is 10.2 Å². The van der Waals surface area contributed by atoms with E-state index in [1.807, 2.05) is 6.07 Å². The molecular weight excluding hydrogens is 361 g/mol. The fraction of sp³-hybridized carbons (Fsp3) is 0.389. The number of carbonyl (C=O) groups is 1. The van der Waals surface area contributed by atoms with Gasteiger partial charge in [0.15, 0.2) is 0 Å². The van der Waals surface area contributed by atoms with Crippen LogP contribution in [0, 0.1) is 0 Å². The van der Waals surface area contributed by atoms with Gasteiger partial charge in [0.25, 0.3) is 5.91 Å². The zero-order chi connectivity index (χ0) is 16.1. The summed E-state index contributed by atoms with van der Waals surface area (Å²) in [5.74, 6) is 0.481. The van der Waals surface area contributed by atoms with E-state index in [9.17, 15) is 4.79 Å². The summed E-state index contributed by atoms with van der Waals surface area (Å²) >= 11 is 0. The van der Waals surface area contributed by atoms with E-state index in [0.29, 0.717) is 24.4 Å². The average molecular weight is 386 g/mol. The number of carbonyl (C=O) groups excluding carboxylic acids is 1. The highest BCUT2D eigenvalue weighted by Crippen LogP contribution is 2.16. The standard InChI is InChI=1S/C18H23N3O2.2ClH/c19-10-17-9-16(13-23-17)18(22)20-11-14-5-1-2-6-15(14)12-21-7-3-4-8-21;;/h1-2,5-6,9,13H,3-4,7-8,10-12,19H2,(H,20,22);2*1H. The van der Waals surface area contributed by atoms with E-state index < -0.39 is 0 Å². The lowest BCUT2D eigenvalue weighted by atomic mass is 10.1. The number of nitrogens with two attached hydrogens (primary N) is 1. The Morgan fingerprint density at radius 1 is 1.16 bits per heavy atom. The fourth-order valence-corrected chi connectivity index (χ4v) is 2.95. The largest absolute Gasteiger partial charge is 0.467 e. The Hall–Kier alpha value is -1.53. The number of furan rings is 1. The molecule has 2 aromatic rings. The van der Waals surface area contributed by atoms with Gasteiger partial charge < -0.3 is 15.5 Å². The Kier molecular flexibility index (Phi) is 9.00. The molecule has 1 aliphatic rings. The van der Waals surface area contributed by atoms with Crippen molar-refractivity contribution >= 4 is 30.7 Å². The molecule has 0 bridgehead atoms. The van der Waals surface area contributed by atoms with E-state index in [2.05, 4.69) is 28.4 Å². The highest BCUT2D eigenvalue weighted by Gasteiger charge is 2.14. The molecule has 1 fully saturated rings. The summed E-state index contributed by atoms with van der Waals surface area (Å²) in [5.41, 5.74) is 8.46. The van der Waals surface area contributed by atoms with Crippen LogP contribution in [0.15, 0.2) is 41.0 Å². The minimum Gasteiger partial charge on any atom is -0.467 e. The SMILES string of the molecule is Cl.Cl.NCc1cc(C(=O)NCc2ccccc2CN2CCCC2)co1. The van der Waals surface area contributed by atoms with E-state index in [1.165, 1.54) is 24.7 Å². The first-order valence-electron chi connectivity index (χ1n) is 8.11. The van der Waals surface area contributed by atoms with Gasteiger partial charge in [-0.05, 0) is 43.1 Å².